The number of anilines is 1. The van der Waals surface area contributed by atoms with Crippen LogP contribution in [0.15, 0.2) is 64.6 Å². The van der Waals surface area contributed by atoms with Crippen molar-refractivity contribution >= 4 is 54.9 Å². The number of thiazole rings is 1. The van der Waals surface area contributed by atoms with Gasteiger partial charge in [-0.2, -0.15) is 14.4 Å². The van der Waals surface area contributed by atoms with Crippen molar-refractivity contribution in [2.45, 2.75) is 11.8 Å². The lowest BCUT2D eigenvalue weighted by Crippen LogP contribution is -2.50. The molecule has 4 aromatic rings. The number of aromatic nitrogens is 1. The molecule has 0 unspecified atom stereocenters. The van der Waals surface area contributed by atoms with Crippen molar-refractivity contribution in [3.05, 3.63) is 65.7 Å². The number of methoxy groups -OCH3 is 4. The number of amides is 2. The number of piperazine rings is 1. The maximum Gasteiger partial charge on any atom is 0.409 e. The molecule has 0 radical (unpaired) electrons. The van der Waals surface area contributed by atoms with E-state index in [-0.39, 0.29) is 48.4 Å². The van der Waals surface area contributed by atoms with Crippen LogP contribution in [0.1, 0.15) is 22.8 Å². The zero-order chi connectivity index (χ0) is 34.4. The van der Waals surface area contributed by atoms with Crippen LogP contribution >= 0.6 is 11.3 Å². The van der Waals surface area contributed by atoms with E-state index in [0.717, 1.165) is 9.71 Å². The van der Waals surface area contributed by atoms with Gasteiger partial charge in [-0.1, -0.05) is 11.3 Å². The number of benzene rings is 3. The SMILES string of the molecule is CCOC(=O)N1CCN(S(=O)(=O)c2ccc(C(=O)N(/N=C/c3cc(OC)c(OC)c(OC)c3)c3nc4ccc(OC)cc4s3)cc2)CC1. The van der Waals surface area contributed by atoms with Crippen LogP contribution in [0.2, 0.25) is 0 Å². The molecule has 0 atom stereocenters. The van der Waals surface area contributed by atoms with Crippen molar-refractivity contribution in [1.82, 2.24) is 14.2 Å². The third-order valence-corrected chi connectivity index (χ3v) is 10.4. The van der Waals surface area contributed by atoms with Gasteiger partial charge in [0.05, 0.1) is 56.4 Å². The first-order chi connectivity index (χ1) is 23.1. The first-order valence-electron chi connectivity index (χ1n) is 14.8. The van der Waals surface area contributed by atoms with E-state index in [4.69, 9.17) is 23.7 Å². The minimum Gasteiger partial charge on any atom is -0.497 e. The van der Waals surface area contributed by atoms with Gasteiger partial charge in [0.2, 0.25) is 20.9 Å². The minimum atomic E-state index is -3.88. The quantitative estimate of drug-likeness (QED) is 0.162. The van der Waals surface area contributed by atoms with Gasteiger partial charge in [0.1, 0.15) is 5.75 Å². The lowest BCUT2D eigenvalue weighted by Gasteiger charge is -2.33. The summed E-state index contributed by atoms with van der Waals surface area (Å²) in [6.45, 7) is 2.61. The molecule has 14 nitrogen and oxygen atoms in total. The number of carbonyl (C=O) groups is 2. The third kappa shape index (κ3) is 7.14. The molecular weight excluding hydrogens is 663 g/mol. The Morgan fingerprint density at radius 3 is 2.17 bits per heavy atom. The molecule has 0 aliphatic carbocycles. The number of hydrazone groups is 1. The van der Waals surface area contributed by atoms with E-state index in [1.165, 1.54) is 72.4 Å². The Morgan fingerprint density at radius 2 is 1.58 bits per heavy atom. The molecule has 5 rings (SSSR count). The lowest BCUT2D eigenvalue weighted by molar-refractivity contribution is 0.0933. The Hall–Kier alpha value is -4.93. The molecule has 0 N–H and O–H groups in total. The van der Waals surface area contributed by atoms with Gasteiger partial charge < -0.3 is 28.6 Å². The highest BCUT2D eigenvalue weighted by atomic mass is 32.2. The van der Waals surface area contributed by atoms with Gasteiger partial charge in [-0.15, -0.1) is 0 Å². The molecule has 1 aromatic heterocycles. The normalized spacial score (nSPS) is 13.8. The molecule has 1 saturated heterocycles. The average Bonchev–Trinajstić information content (AvgIpc) is 3.54. The molecule has 0 spiro atoms. The summed E-state index contributed by atoms with van der Waals surface area (Å²) >= 11 is 1.24. The fraction of sp³-hybridized carbons (Fsp3) is 0.312. The molecule has 16 heteroatoms. The van der Waals surface area contributed by atoms with Crippen LogP contribution in [-0.2, 0) is 14.8 Å². The summed E-state index contributed by atoms with van der Waals surface area (Å²) in [7, 11) is 2.17. The molecular formula is C32H35N5O9S2. The predicted molar refractivity (Wildman–Crippen MR) is 180 cm³/mol. The zero-order valence-corrected chi connectivity index (χ0v) is 28.7. The summed E-state index contributed by atoms with van der Waals surface area (Å²) < 4.78 is 55.6. The smallest absolute Gasteiger partial charge is 0.409 e. The number of nitrogens with zero attached hydrogens (tertiary/aromatic N) is 5. The molecule has 1 fully saturated rings. The van der Waals surface area contributed by atoms with Crippen molar-refractivity contribution in [2.24, 2.45) is 5.10 Å². The summed E-state index contributed by atoms with van der Waals surface area (Å²) in [5.41, 5.74) is 1.37. The molecule has 48 heavy (non-hydrogen) atoms. The molecule has 254 valence electrons. The summed E-state index contributed by atoms with van der Waals surface area (Å²) in [5, 5.41) is 5.95. The van der Waals surface area contributed by atoms with Crippen LogP contribution in [-0.4, -0.2) is 102 Å². The van der Waals surface area contributed by atoms with Gasteiger partial charge in [-0.05, 0) is 61.5 Å². The van der Waals surface area contributed by atoms with E-state index >= 15 is 0 Å². The number of ether oxygens (including phenoxy) is 5. The number of hydrogen-bond acceptors (Lipinski definition) is 12. The minimum absolute atomic E-state index is 0.0168. The first-order valence-corrected chi connectivity index (χ1v) is 17.0. The van der Waals surface area contributed by atoms with Gasteiger partial charge in [-0.25, -0.2) is 18.2 Å². The van der Waals surface area contributed by atoms with E-state index in [1.807, 2.05) is 6.07 Å². The Balaban J connectivity index is 1.44. The Morgan fingerprint density at radius 1 is 0.917 bits per heavy atom. The fourth-order valence-electron chi connectivity index (χ4n) is 4.97. The van der Waals surface area contributed by atoms with E-state index in [2.05, 4.69) is 10.1 Å². The van der Waals surface area contributed by atoms with Crippen LogP contribution in [0.4, 0.5) is 9.93 Å². The van der Waals surface area contributed by atoms with Crippen LogP contribution in [0.25, 0.3) is 10.2 Å². The zero-order valence-electron chi connectivity index (χ0n) is 27.0. The standard InChI is InChI=1S/C32H35N5O9S2/c1-6-46-32(39)35-13-15-36(16-14-35)48(40,41)24-10-7-22(8-11-24)30(38)37(31-34-25-12-9-23(42-2)19-28(25)47-31)33-20-21-17-26(43-3)29(45-5)27(18-21)44-4/h7-12,17-20H,6,13-16H2,1-5H3/b33-20+. The molecule has 0 saturated carbocycles. The van der Waals surface area contributed by atoms with Crippen LogP contribution in [0.3, 0.4) is 0 Å². The van der Waals surface area contributed by atoms with Crippen LogP contribution < -0.4 is 24.0 Å². The number of rotatable bonds is 11. The monoisotopic (exact) mass is 697 g/mol. The van der Waals surface area contributed by atoms with E-state index in [0.29, 0.717) is 34.1 Å². The Labute approximate surface area is 282 Å². The van der Waals surface area contributed by atoms with Gasteiger partial charge in [-0.3, -0.25) is 4.79 Å². The maximum atomic E-state index is 14.0. The number of carbonyl (C=O) groups excluding carboxylic acids is 2. The van der Waals surface area contributed by atoms with E-state index in [1.54, 1.807) is 38.3 Å². The molecule has 1 aliphatic heterocycles. The van der Waals surface area contributed by atoms with Gasteiger partial charge in [0.15, 0.2) is 11.5 Å². The van der Waals surface area contributed by atoms with Crippen molar-refractivity contribution in [2.75, 3.05) is 66.2 Å². The number of fused-ring (bicyclic) bond motifs is 1. The second-order valence-corrected chi connectivity index (χ2v) is 13.2. The third-order valence-electron chi connectivity index (χ3n) is 7.47. The maximum absolute atomic E-state index is 14.0. The highest BCUT2D eigenvalue weighted by molar-refractivity contribution is 7.89. The lowest BCUT2D eigenvalue weighted by atomic mass is 10.2. The van der Waals surface area contributed by atoms with Crippen molar-refractivity contribution in [3.8, 4) is 23.0 Å². The van der Waals surface area contributed by atoms with Crippen molar-refractivity contribution in [1.29, 1.82) is 0 Å². The first kappa shape index (κ1) is 34.4. The van der Waals surface area contributed by atoms with Gasteiger partial charge >= 0.3 is 6.09 Å². The molecule has 0 bridgehead atoms. The van der Waals surface area contributed by atoms with E-state index < -0.39 is 22.0 Å². The predicted octanol–water partition coefficient (Wildman–Crippen LogP) is 4.47. The molecule has 1 aliphatic rings. The number of sulfonamides is 1. The summed E-state index contributed by atoms with van der Waals surface area (Å²) in [5.74, 6) is 1.30. The second kappa shape index (κ2) is 14.9. The Bertz CT molecular complexity index is 1900. The van der Waals surface area contributed by atoms with Crippen LogP contribution in [0, 0.1) is 0 Å². The summed E-state index contributed by atoms with van der Waals surface area (Å²) in [6, 6.07) is 14.4. The highest BCUT2D eigenvalue weighted by Crippen LogP contribution is 2.38. The molecule has 2 amide bonds. The van der Waals surface area contributed by atoms with Gasteiger partial charge in [0.25, 0.3) is 5.91 Å². The molecule has 3 aromatic carbocycles. The van der Waals surface area contributed by atoms with Crippen LogP contribution in [0.5, 0.6) is 23.0 Å². The highest BCUT2D eigenvalue weighted by Gasteiger charge is 2.31. The largest absolute Gasteiger partial charge is 0.497 e. The average molecular weight is 698 g/mol. The molecule has 2 heterocycles. The van der Waals surface area contributed by atoms with Crippen molar-refractivity contribution < 1.29 is 41.7 Å². The van der Waals surface area contributed by atoms with E-state index in [9.17, 15) is 18.0 Å². The fourth-order valence-corrected chi connectivity index (χ4v) is 7.34. The Kier molecular flexibility index (Phi) is 10.7. The van der Waals surface area contributed by atoms with Crippen molar-refractivity contribution in [3.63, 3.8) is 0 Å². The van der Waals surface area contributed by atoms with Gasteiger partial charge in [0, 0.05) is 37.3 Å². The summed E-state index contributed by atoms with van der Waals surface area (Å²) in [4.78, 5) is 32.2. The second-order valence-electron chi connectivity index (χ2n) is 10.3. The topological polar surface area (TPSA) is 149 Å². The summed E-state index contributed by atoms with van der Waals surface area (Å²) in [6.07, 6.45) is 0.992. The number of hydrogen-bond donors (Lipinski definition) is 0.